The second-order valence-electron chi connectivity index (χ2n) is 6.00. The van der Waals surface area contributed by atoms with E-state index in [-0.39, 0.29) is 6.54 Å². The Balaban J connectivity index is 2.27. The van der Waals surface area contributed by atoms with Crippen molar-refractivity contribution in [3.63, 3.8) is 0 Å². The van der Waals surface area contributed by atoms with Crippen LogP contribution in [0.4, 0.5) is 11.4 Å². The molecule has 2 rings (SSSR count). The maximum Gasteiger partial charge on any atom is 0.289 e. The molecule has 1 N–H and O–H groups in total. The van der Waals surface area contributed by atoms with E-state index in [1.54, 1.807) is 0 Å². The molecule has 0 radical (unpaired) electrons. The predicted molar refractivity (Wildman–Crippen MR) is 110 cm³/mol. The number of nitrogens with one attached hydrogen (secondary N) is 1. The molecule has 0 saturated carbocycles. The Hall–Kier alpha value is -3.20. The molecule has 0 aliphatic heterocycles. The minimum atomic E-state index is -4.37. The Labute approximate surface area is 178 Å². The second-order valence-corrected chi connectivity index (χ2v) is 9.64. The summed E-state index contributed by atoms with van der Waals surface area (Å²) in [4.78, 5) is 19.5. The van der Waals surface area contributed by atoms with Crippen LogP contribution in [0.3, 0.4) is 0 Å². The molecule has 2 aromatic carbocycles. The number of nitro benzene ring substituents is 2. The Kier molecular flexibility index (Phi) is 7.56. The third-order valence-electron chi connectivity index (χ3n) is 4.02. The highest BCUT2D eigenvalue weighted by molar-refractivity contribution is 7.90. The Morgan fingerprint density at radius 1 is 0.903 bits per heavy atom. The summed E-state index contributed by atoms with van der Waals surface area (Å²) in [6.07, 6.45) is 1.24. The first-order valence-corrected chi connectivity index (χ1v) is 11.5. The topological polar surface area (TPSA) is 170 Å². The standard InChI is InChI=1S/C17H18N4O8S2/c1-2-12-19(31(28,29)17-10-6-4-8-15(17)21(24)25)13-11-18-30(26,27)16-9-5-3-7-14(16)20(22)23/h2-10,18H,1,11-13H2. The molecular weight excluding hydrogens is 452 g/mol. The number of nitro groups is 2. The minimum absolute atomic E-state index is 0.248. The summed E-state index contributed by atoms with van der Waals surface area (Å²) in [6.45, 7) is 2.35. The van der Waals surface area contributed by atoms with E-state index < -0.39 is 64.1 Å². The molecule has 0 aliphatic rings. The summed E-state index contributed by atoms with van der Waals surface area (Å²) < 4.78 is 53.7. The van der Waals surface area contributed by atoms with Crippen LogP contribution in [0.25, 0.3) is 0 Å². The first kappa shape index (κ1) is 24.1. The average molecular weight is 470 g/mol. The zero-order valence-corrected chi connectivity index (χ0v) is 17.6. The largest absolute Gasteiger partial charge is 0.289 e. The minimum Gasteiger partial charge on any atom is -0.258 e. The van der Waals surface area contributed by atoms with Crippen molar-refractivity contribution in [2.75, 3.05) is 19.6 Å². The summed E-state index contributed by atoms with van der Waals surface area (Å²) in [5.41, 5.74) is -1.26. The quantitative estimate of drug-likeness (QED) is 0.293. The van der Waals surface area contributed by atoms with E-state index in [1.165, 1.54) is 30.3 Å². The van der Waals surface area contributed by atoms with Crippen molar-refractivity contribution in [3.8, 4) is 0 Å². The lowest BCUT2D eigenvalue weighted by Crippen LogP contribution is -2.39. The van der Waals surface area contributed by atoms with Gasteiger partial charge in [0, 0.05) is 31.8 Å². The van der Waals surface area contributed by atoms with Gasteiger partial charge in [-0.25, -0.2) is 21.6 Å². The van der Waals surface area contributed by atoms with Gasteiger partial charge in [-0.15, -0.1) is 6.58 Å². The van der Waals surface area contributed by atoms with Crippen LogP contribution in [0.15, 0.2) is 71.0 Å². The molecule has 0 fully saturated rings. The highest BCUT2D eigenvalue weighted by Gasteiger charge is 2.31. The molecule has 0 saturated heterocycles. The van der Waals surface area contributed by atoms with Crippen molar-refractivity contribution in [3.05, 3.63) is 81.4 Å². The van der Waals surface area contributed by atoms with Gasteiger partial charge in [-0.2, -0.15) is 4.31 Å². The van der Waals surface area contributed by atoms with Crippen molar-refractivity contribution < 1.29 is 26.7 Å². The summed E-state index contributed by atoms with van der Waals surface area (Å²) >= 11 is 0. The maximum atomic E-state index is 12.9. The molecule has 0 unspecified atom stereocenters. The van der Waals surface area contributed by atoms with Crippen molar-refractivity contribution >= 4 is 31.4 Å². The van der Waals surface area contributed by atoms with Gasteiger partial charge < -0.3 is 0 Å². The van der Waals surface area contributed by atoms with E-state index in [1.807, 2.05) is 0 Å². The molecule has 2 aromatic rings. The molecule has 12 nitrogen and oxygen atoms in total. The number of hydrogen-bond acceptors (Lipinski definition) is 8. The third-order valence-corrected chi connectivity index (χ3v) is 7.44. The lowest BCUT2D eigenvalue weighted by Gasteiger charge is -2.20. The normalized spacial score (nSPS) is 11.9. The molecule has 0 bridgehead atoms. The van der Waals surface area contributed by atoms with Gasteiger partial charge in [0.25, 0.3) is 11.4 Å². The van der Waals surface area contributed by atoms with Gasteiger partial charge in [-0.3, -0.25) is 20.2 Å². The van der Waals surface area contributed by atoms with Crippen LogP contribution in [0.2, 0.25) is 0 Å². The summed E-state index contributed by atoms with van der Waals surface area (Å²) in [5.74, 6) is 0. The first-order chi connectivity index (χ1) is 14.5. The fraction of sp³-hybridized carbons (Fsp3) is 0.176. The van der Waals surface area contributed by atoms with Crippen molar-refractivity contribution in [2.45, 2.75) is 9.79 Å². The molecule has 0 atom stereocenters. The molecule has 0 heterocycles. The van der Waals surface area contributed by atoms with E-state index in [0.29, 0.717) is 0 Å². The van der Waals surface area contributed by atoms with Gasteiger partial charge >= 0.3 is 0 Å². The fourth-order valence-electron chi connectivity index (χ4n) is 2.64. The summed E-state index contributed by atoms with van der Waals surface area (Å²) in [6, 6.07) is 9.44. The van der Waals surface area contributed by atoms with Gasteiger partial charge in [-0.1, -0.05) is 30.3 Å². The molecular formula is C17H18N4O8S2. The average Bonchev–Trinajstić information content (AvgIpc) is 2.73. The number of nitrogens with zero attached hydrogens (tertiary/aromatic N) is 3. The number of hydrogen-bond donors (Lipinski definition) is 1. The van der Waals surface area contributed by atoms with Crippen LogP contribution < -0.4 is 4.72 Å². The van der Waals surface area contributed by atoms with E-state index in [4.69, 9.17) is 0 Å². The molecule has 166 valence electrons. The summed E-state index contributed by atoms with van der Waals surface area (Å²) in [7, 11) is -8.69. The zero-order chi connectivity index (χ0) is 23.2. The SMILES string of the molecule is C=CCN(CCNS(=O)(=O)c1ccccc1[N+](=O)[O-])S(=O)(=O)c1ccccc1[N+](=O)[O-]. The lowest BCUT2D eigenvalue weighted by atomic mass is 10.3. The molecule has 14 heteroatoms. The number of sulfonamides is 2. The van der Waals surface area contributed by atoms with Gasteiger partial charge in [-0.05, 0) is 12.1 Å². The number of benzene rings is 2. The zero-order valence-electron chi connectivity index (χ0n) is 15.9. The van der Waals surface area contributed by atoms with E-state index in [0.717, 1.165) is 28.6 Å². The van der Waals surface area contributed by atoms with Crippen LogP contribution >= 0.6 is 0 Å². The van der Waals surface area contributed by atoms with Crippen molar-refractivity contribution in [2.24, 2.45) is 0 Å². The maximum absolute atomic E-state index is 12.9. The molecule has 0 spiro atoms. The van der Waals surface area contributed by atoms with Crippen LogP contribution in [0.1, 0.15) is 0 Å². The number of para-hydroxylation sites is 2. The summed E-state index contributed by atoms with van der Waals surface area (Å²) in [5, 5.41) is 22.3. The Bertz CT molecular complexity index is 1210. The highest BCUT2D eigenvalue weighted by Crippen LogP contribution is 2.26. The van der Waals surface area contributed by atoms with Gasteiger partial charge in [0.15, 0.2) is 9.79 Å². The third kappa shape index (κ3) is 5.49. The van der Waals surface area contributed by atoms with Gasteiger partial charge in [0.05, 0.1) is 9.85 Å². The van der Waals surface area contributed by atoms with Crippen LogP contribution in [-0.2, 0) is 20.0 Å². The van der Waals surface area contributed by atoms with Crippen LogP contribution in [-0.4, -0.2) is 50.6 Å². The first-order valence-electron chi connectivity index (χ1n) is 8.60. The van der Waals surface area contributed by atoms with Crippen molar-refractivity contribution in [1.29, 1.82) is 0 Å². The molecule has 0 aromatic heterocycles. The van der Waals surface area contributed by atoms with E-state index in [9.17, 15) is 37.1 Å². The van der Waals surface area contributed by atoms with Crippen LogP contribution in [0.5, 0.6) is 0 Å². The van der Waals surface area contributed by atoms with Crippen molar-refractivity contribution in [1.82, 2.24) is 9.03 Å². The second kappa shape index (κ2) is 9.74. The Morgan fingerprint density at radius 3 is 1.90 bits per heavy atom. The molecule has 0 amide bonds. The lowest BCUT2D eigenvalue weighted by molar-refractivity contribution is -0.388. The van der Waals surface area contributed by atoms with Gasteiger partial charge in [0.1, 0.15) is 0 Å². The predicted octanol–water partition coefficient (Wildman–Crippen LogP) is 1.66. The Morgan fingerprint density at radius 2 is 1.39 bits per heavy atom. The monoisotopic (exact) mass is 470 g/mol. The molecule has 0 aliphatic carbocycles. The van der Waals surface area contributed by atoms with Crippen LogP contribution in [0, 0.1) is 20.2 Å². The van der Waals surface area contributed by atoms with E-state index >= 15 is 0 Å². The van der Waals surface area contributed by atoms with E-state index in [2.05, 4.69) is 11.3 Å². The van der Waals surface area contributed by atoms with Gasteiger partial charge in [0.2, 0.25) is 20.0 Å². The smallest absolute Gasteiger partial charge is 0.258 e. The fourth-order valence-corrected chi connectivity index (χ4v) is 5.40. The number of rotatable bonds is 11. The highest BCUT2D eigenvalue weighted by atomic mass is 32.2. The molecule has 31 heavy (non-hydrogen) atoms.